The van der Waals surface area contributed by atoms with Gasteiger partial charge in [0.25, 0.3) is 0 Å². The molecule has 2 fully saturated rings. The Hall–Kier alpha value is -1.68. The molecule has 0 spiro atoms. The number of rotatable bonds is 3. The van der Waals surface area contributed by atoms with Gasteiger partial charge in [0.15, 0.2) is 0 Å². The zero-order chi connectivity index (χ0) is 17.0. The maximum absolute atomic E-state index is 12.9. The summed E-state index contributed by atoms with van der Waals surface area (Å²) in [4.78, 5) is 37.8. The molecule has 0 saturated heterocycles. The van der Waals surface area contributed by atoms with E-state index in [1.54, 1.807) is 12.1 Å². The van der Waals surface area contributed by atoms with E-state index in [0.29, 0.717) is 24.4 Å². The molecule has 0 radical (unpaired) electrons. The van der Waals surface area contributed by atoms with Gasteiger partial charge in [-0.3, -0.25) is 14.4 Å². The van der Waals surface area contributed by atoms with E-state index in [-0.39, 0.29) is 5.91 Å². The van der Waals surface area contributed by atoms with Gasteiger partial charge < -0.3 is 5.32 Å². The number of hydrogen-bond donors (Lipinski definition) is 1. The summed E-state index contributed by atoms with van der Waals surface area (Å²) < 4.78 is 0. The van der Waals surface area contributed by atoms with E-state index in [1.165, 1.54) is 0 Å². The van der Waals surface area contributed by atoms with Crippen molar-refractivity contribution in [3.05, 3.63) is 34.9 Å². The highest BCUT2D eigenvalue weighted by molar-refractivity contribution is 6.48. The molecule has 2 atom stereocenters. The fourth-order valence-corrected chi connectivity index (χ4v) is 4.33. The van der Waals surface area contributed by atoms with Gasteiger partial charge in [-0.2, -0.15) is 0 Å². The monoisotopic (exact) mass is 333 g/mol. The third-order valence-electron chi connectivity index (χ3n) is 6.30. The van der Waals surface area contributed by atoms with Crippen LogP contribution in [-0.2, 0) is 20.9 Å². The summed E-state index contributed by atoms with van der Waals surface area (Å²) in [6, 6.07) is 7.15. The van der Waals surface area contributed by atoms with Crippen LogP contribution in [0.25, 0.3) is 0 Å². The minimum atomic E-state index is -1.23. The molecule has 0 aromatic heterocycles. The van der Waals surface area contributed by atoms with Gasteiger partial charge >= 0.3 is 0 Å². The second-order valence-electron chi connectivity index (χ2n) is 7.33. The van der Waals surface area contributed by atoms with Crippen molar-refractivity contribution in [2.45, 2.75) is 40.2 Å². The Morgan fingerprint density at radius 3 is 2.22 bits per heavy atom. The van der Waals surface area contributed by atoms with Gasteiger partial charge in [0.1, 0.15) is 5.41 Å². The highest BCUT2D eigenvalue weighted by Crippen LogP contribution is 2.68. The minimum absolute atomic E-state index is 0.312. The molecule has 2 aliphatic carbocycles. The zero-order valence-electron chi connectivity index (χ0n) is 13.5. The number of nitrogens with one attached hydrogen (secondary N) is 1. The summed E-state index contributed by atoms with van der Waals surface area (Å²) in [6.45, 7) is 5.86. The second kappa shape index (κ2) is 4.91. The summed E-state index contributed by atoms with van der Waals surface area (Å²) in [5, 5.41) is 3.48. The molecule has 3 rings (SSSR count). The molecule has 1 aromatic carbocycles. The Bertz CT molecular complexity index is 709. The van der Waals surface area contributed by atoms with Crippen molar-refractivity contribution < 1.29 is 14.4 Å². The van der Waals surface area contributed by atoms with Crippen molar-refractivity contribution in [3.63, 3.8) is 0 Å². The van der Waals surface area contributed by atoms with Gasteiger partial charge in [-0.15, -0.1) is 0 Å². The number of carbonyl (C=O) groups is 3. The second-order valence-corrected chi connectivity index (χ2v) is 7.77. The molecule has 1 amide bonds. The quantitative estimate of drug-likeness (QED) is 0.683. The number of halogens is 1. The van der Waals surface area contributed by atoms with E-state index in [9.17, 15) is 14.4 Å². The van der Waals surface area contributed by atoms with Crippen LogP contribution in [0, 0.1) is 16.2 Å². The number of carbonyl (C=O) groups excluding carboxylic acids is 3. The SMILES string of the molecule is CC12CCC(C(=O)NCc3ccc(Cl)cc3)(C(=O)C1=O)C2(C)C. The molecule has 0 heterocycles. The number of ketones is 2. The van der Waals surface area contributed by atoms with Crippen molar-refractivity contribution in [2.24, 2.45) is 16.2 Å². The number of hydrogen-bond acceptors (Lipinski definition) is 3. The van der Waals surface area contributed by atoms with E-state index < -0.39 is 27.8 Å². The van der Waals surface area contributed by atoms with E-state index in [0.717, 1.165) is 5.56 Å². The Morgan fingerprint density at radius 1 is 1.09 bits per heavy atom. The Balaban J connectivity index is 1.85. The van der Waals surface area contributed by atoms with Crippen LogP contribution < -0.4 is 5.32 Å². The summed E-state index contributed by atoms with van der Waals surface area (Å²) in [5.41, 5.74) is -1.74. The average molecular weight is 334 g/mol. The number of fused-ring (bicyclic) bond motifs is 2. The smallest absolute Gasteiger partial charge is 0.235 e. The maximum atomic E-state index is 12.9. The first kappa shape index (κ1) is 16.2. The lowest BCUT2D eigenvalue weighted by Crippen LogP contribution is -2.50. The van der Waals surface area contributed by atoms with Gasteiger partial charge in [0.2, 0.25) is 17.5 Å². The van der Waals surface area contributed by atoms with Crippen LogP contribution in [-0.4, -0.2) is 17.5 Å². The molecule has 122 valence electrons. The molecule has 0 aliphatic heterocycles. The normalized spacial score (nSPS) is 31.5. The number of Topliss-reactive ketones (excluding diaryl/α,β-unsaturated/α-hetero) is 2. The summed E-state index contributed by atoms with van der Waals surface area (Å²) in [7, 11) is 0. The van der Waals surface area contributed by atoms with Gasteiger partial charge in [-0.05, 0) is 36.0 Å². The predicted molar refractivity (Wildman–Crippen MR) is 86.9 cm³/mol. The molecule has 2 unspecified atom stereocenters. The Morgan fingerprint density at radius 2 is 1.70 bits per heavy atom. The molecule has 5 heteroatoms. The summed E-state index contributed by atoms with van der Waals surface area (Å²) >= 11 is 5.85. The minimum Gasteiger partial charge on any atom is -0.351 e. The van der Waals surface area contributed by atoms with Crippen LogP contribution in [0.1, 0.15) is 39.2 Å². The molecule has 2 saturated carbocycles. The largest absolute Gasteiger partial charge is 0.351 e. The molecule has 1 N–H and O–H groups in total. The van der Waals surface area contributed by atoms with Crippen molar-refractivity contribution in [2.75, 3.05) is 0 Å². The fourth-order valence-electron chi connectivity index (χ4n) is 4.21. The van der Waals surface area contributed by atoms with Crippen LogP contribution in [0.2, 0.25) is 5.02 Å². The molecular weight excluding hydrogens is 314 g/mol. The fraction of sp³-hybridized carbons (Fsp3) is 0.500. The van der Waals surface area contributed by atoms with Gasteiger partial charge in [0.05, 0.1) is 0 Å². The lowest BCUT2D eigenvalue weighted by molar-refractivity contribution is -0.149. The van der Waals surface area contributed by atoms with E-state index in [2.05, 4.69) is 5.32 Å². The zero-order valence-corrected chi connectivity index (χ0v) is 14.3. The van der Waals surface area contributed by atoms with E-state index in [1.807, 2.05) is 32.9 Å². The standard InChI is InChI=1S/C18H20ClNO3/c1-16(2)17(3)8-9-18(16,14(22)13(17)21)15(23)20-10-11-4-6-12(19)7-5-11/h4-7H,8-10H2,1-3H3,(H,20,23). The van der Waals surface area contributed by atoms with Crippen molar-refractivity contribution in [1.82, 2.24) is 5.32 Å². The maximum Gasteiger partial charge on any atom is 0.235 e. The lowest BCUT2D eigenvalue weighted by Gasteiger charge is -2.37. The van der Waals surface area contributed by atoms with Gasteiger partial charge in [-0.25, -0.2) is 0 Å². The summed E-state index contributed by atoms with van der Waals surface area (Å²) in [6.07, 6.45) is 1.02. The highest BCUT2D eigenvalue weighted by atomic mass is 35.5. The van der Waals surface area contributed by atoms with Crippen LogP contribution in [0.3, 0.4) is 0 Å². The third kappa shape index (κ3) is 1.87. The van der Waals surface area contributed by atoms with Crippen LogP contribution >= 0.6 is 11.6 Å². The average Bonchev–Trinajstić information content (AvgIpc) is 2.78. The first-order valence-corrected chi connectivity index (χ1v) is 8.16. The molecular formula is C18H20ClNO3. The molecule has 4 nitrogen and oxygen atoms in total. The van der Waals surface area contributed by atoms with Crippen LogP contribution in [0.4, 0.5) is 0 Å². The summed E-state index contributed by atoms with van der Waals surface area (Å²) in [5.74, 6) is -1.25. The Kier molecular flexibility index (Phi) is 3.45. The van der Waals surface area contributed by atoms with Gasteiger partial charge in [0, 0.05) is 17.0 Å². The van der Waals surface area contributed by atoms with E-state index in [4.69, 9.17) is 11.6 Å². The predicted octanol–water partition coefficient (Wildman–Crippen LogP) is 2.92. The number of benzene rings is 1. The number of amides is 1. The van der Waals surface area contributed by atoms with Crippen molar-refractivity contribution in [3.8, 4) is 0 Å². The molecule has 23 heavy (non-hydrogen) atoms. The third-order valence-corrected chi connectivity index (χ3v) is 6.55. The topological polar surface area (TPSA) is 63.2 Å². The van der Waals surface area contributed by atoms with Crippen LogP contribution in [0.5, 0.6) is 0 Å². The van der Waals surface area contributed by atoms with Crippen molar-refractivity contribution >= 4 is 29.1 Å². The Labute approximate surface area is 140 Å². The first-order chi connectivity index (χ1) is 10.7. The highest BCUT2D eigenvalue weighted by Gasteiger charge is 2.77. The molecule has 2 aliphatic rings. The lowest BCUT2D eigenvalue weighted by atomic mass is 9.64. The van der Waals surface area contributed by atoms with E-state index >= 15 is 0 Å². The van der Waals surface area contributed by atoms with Crippen molar-refractivity contribution in [1.29, 1.82) is 0 Å². The molecule has 1 aromatic rings. The first-order valence-electron chi connectivity index (χ1n) is 7.79. The van der Waals surface area contributed by atoms with Crippen LogP contribution in [0.15, 0.2) is 24.3 Å². The molecule has 2 bridgehead atoms. The van der Waals surface area contributed by atoms with Gasteiger partial charge in [-0.1, -0.05) is 44.5 Å².